The smallest absolute Gasteiger partial charge is 0.276 e. The maximum atomic E-state index is 12.8. The fourth-order valence-corrected chi connectivity index (χ4v) is 5.00. The highest BCUT2D eigenvalue weighted by atomic mass is 32.2. The molecule has 1 atom stereocenters. The molecule has 0 bridgehead atoms. The number of amides is 1. The second-order valence-corrected chi connectivity index (χ2v) is 8.35. The SMILES string of the molecule is COc1cccc2c1CCC2C(=O)NS(=O)(=O)c1ccc(C)c([N+](=O)[O-])c1C. The highest BCUT2D eigenvalue weighted by Gasteiger charge is 2.34. The van der Waals surface area contributed by atoms with Gasteiger partial charge in [-0.15, -0.1) is 0 Å². The van der Waals surface area contributed by atoms with E-state index < -0.39 is 26.8 Å². The van der Waals surface area contributed by atoms with E-state index in [1.165, 1.54) is 26.0 Å². The van der Waals surface area contributed by atoms with Crippen molar-refractivity contribution in [1.29, 1.82) is 0 Å². The molecule has 0 aromatic heterocycles. The minimum atomic E-state index is -4.25. The molecule has 28 heavy (non-hydrogen) atoms. The van der Waals surface area contributed by atoms with Crippen LogP contribution in [0.4, 0.5) is 5.69 Å². The zero-order valence-electron chi connectivity index (χ0n) is 15.7. The molecular formula is C19H20N2O6S. The van der Waals surface area contributed by atoms with Crippen LogP contribution < -0.4 is 9.46 Å². The van der Waals surface area contributed by atoms with Gasteiger partial charge >= 0.3 is 0 Å². The van der Waals surface area contributed by atoms with Crippen molar-refractivity contribution >= 4 is 21.6 Å². The summed E-state index contributed by atoms with van der Waals surface area (Å²) in [6.45, 7) is 2.89. The Labute approximate surface area is 162 Å². The van der Waals surface area contributed by atoms with Gasteiger partial charge in [0.25, 0.3) is 15.7 Å². The normalized spacial score (nSPS) is 15.8. The lowest BCUT2D eigenvalue weighted by Gasteiger charge is -2.15. The van der Waals surface area contributed by atoms with Crippen molar-refractivity contribution < 1.29 is 22.9 Å². The Morgan fingerprint density at radius 1 is 1.25 bits per heavy atom. The Morgan fingerprint density at radius 2 is 1.96 bits per heavy atom. The number of ether oxygens (including phenoxy) is 1. The number of sulfonamides is 1. The third-order valence-electron chi connectivity index (χ3n) is 5.05. The van der Waals surface area contributed by atoms with Crippen LogP contribution in [0, 0.1) is 24.0 Å². The zero-order valence-corrected chi connectivity index (χ0v) is 16.5. The van der Waals surface area contributed by atoms with Crippen LogP contribution in [-0.2, 0) is 21.2 Å². The van der Waals surface area contributed by atoms with Crippen molar-refractivity contribution in [2.75, 3.05) is 7.11 Å². The van der Waals surface area contributed by atoms with E-state index in [-0.39, 0.29) is 16.1 Å². The van der Waals surface area contributed by atoms with Gasteiger partial charge in [-0.05, 0) is 49.9 Å². The van der Waals surface area contributed by atoms with Crippen LogP contribution in [0.3, 0.4) is 0 Å². The number of nitrogens with zero attached hydrogens (tertiary/aromatic N) is 1. The van der Waals surface area contributed by atoms with Crippen LogP contribution in [0.1, 0.15) is 34.6 Å². The number of carbonyl (C=O) groups is 1. The zero-order chi connectivity index (χ0) is 20.6. The molecule has 148 valence electrons. The third-order valence-corrected chi connectivity index (χ3v) is 6.55. The summed E-state index contributed by atoms with van der Waals surface area (Å²) in [7, 11) is -2.71. The number of aryl methyl sites for hydroxylation is 1. The maximum Gasteiger partial charge on any atom is 0.276 e. The molecule has 0 saturated heterocycles. The van der Waals surface area contributed by atoms with Crippen molar-refractivity contribution in [2.45, 2.75) is 37.5 Å². The van der Waals surface area contributed by atoms with Crippen LogP contribution in [0.5, 0.6) is 5.75 Å². The van der Waals surface area contributed by atoms with Crippen molar-refractivity contribution in [3.05, 3.63) is 62.7 Å². The molecule has 1 amide bonds. The number of hydrogen-bond acceptors (Lipinski definition) is 6. The first kappa shape index (κ1) is 19.8. The Bertz CT molecular complexity index is 1080. The summed E-state index contributed by atoms with van der Waals surface area (Å²) < 4.78 is 32.9. The fourth-order valence-electron chi connectivity index (χ4n) is 3.73. The number of rotatable bonds is 5. The Kier molecular flexibility index (Phi) is 5.12. The van der Waals surface area contributed by atoms with Gasteiger partial charge in [-0.2, -0.15) is 0 Å². The molecule has 1 aliphatic carbocycles. The molecule has 0 saturated carbocycles. The largest absolute Gasteiger partial charge is 0.496 e. The lowest BCUT2D eigenvalue weighted by atomic mass is 10.0. The summed E-state index contributed by atoms with van der Waals surface area (Å²) in [5, 5.41) is 11.3. The van der Waals surface area contributed by atoms with Gasteiger partial charge in [0.1, 0.15) is 5.75 Å². The van der Waals surface area contributed by atoms with E-state index in [0.717, 1.165) is 11.1 Å². The van der Waals surface area contributed by atoms with Gasteiger partial charge in [-0.3, -0.25) is 14.9 Å². The number of nitro benzene ring substituents is 1. The molecule has 0 heterocycles. The monoisotopic (exact) mass is 404 g/mol. The summed E-state index contributed by atoms with van der Waals surface area (Å²) in [5.74, 6) is -0.615. The number of benzene rings is 2. The predicted molar refractivity (Wildman–Crippen MR) is 102 cm³/mol. The Morgan fingerprint density at radius 3 is 2.61 bits per heavy atom. The van der Waals surface area contributed by atoms with Crippen LogP contribution in [0.2, 0.25) is 0 Å². The predicted octanol–water partition coefficient (Wildman–Crippen LogP) is 2.76. The van der Waals surface area contributed by atoms with Gasteiger partial charge < -0.3 is 4.74 Å². The van der Waals surface area contributed by atoms with Crippen molar-refractivity contribution in [2.24, 2.45) is 0 Å². The molecule has 2 aromatic carbocycles. The first-order valence-corrected chi connectivity index (χ1v) is 10.1. The Balaban J connectivity index is 1.92. The van der Waals surface area contributed by atoms with Gasteiger partial charge in [0.15, 0.2) is 0 Å². The highest BCUT2D eigenvalue weighted by molar-refractivity contribution is 7.90. The number of methoxy groups -OCH3 is 1. The number of nitrogens with one attached hydrogen (secondary N) is 1. The van der Waals surface area contributed by atoms with E-state index in [0.29, 0.717) is 24.2 Å². The van der Waals surface area contributed by atoms with E-state index in [4.69, 9.17) is 4.74 Å². The van der Waals surface area contributed by atoms with Crippen LogP contribution >= 0.6 is 0 Å². The number of nitro groups is 1. The first-order chi connectivity index (χ1) is 13.2. The quantitative estimate of drug-likeness (QED) is 0.605. The van der Waals surface area contributed by atoms with Crippen LogP contribution in [-0.4, -0.2) is 26.4 Å². The average molecular weight is 404 g/mol. The van der Waals surface area contributed by atoms with Crippen molar-refractivity contribution in [1.82, 2.24) is 4.72 Å². The molecule has 8 nitrogen and oxygen atoms in total. The average Bonchev–Trinajstić information content (AvgIpc) is 3.05. The minimum Gasteiger partial charge on any atom is -0.496 e. The topological polar surface area (TPSA) is 116 Å². The highest BCUT2D eigenvalue weighted by Crippen LogP contribution is 2.38. The molecule has 0 radical (unpaired) electrons. The number of carbonyl (C=O) groups excluding carboxylic acids is 1. The summed E-state index contributed by atoms with van der Waals surface area (Å²) in [4.78, 5) is 23.1. The third kappa shape index (κ3) is 3.33. The maximum absolute atomic E-state index is 12.8. The standard InChI is InChI=1S/C19H20N2O6S/c1-11-7-10-17(12(2)18(11)21(23)24)28(25,26)20-19(22)15-9-8-14-13(15)5-4-6-16(14)27-3/h4-7,10,15H,8-9H2,1-3H3,(H,20,22). The summed E-state index contributed by atoms with van der Waals surface area (Å²) in [6, 6.07) is 7.97. The van der Waals surface area contributed by atoms with E-state index >= 15 is 0 Å². The molecule has 0 aliphatic heterocycles. The number of hydrogen-bond donors (Lipinski definition) is 1. The van der Waals surface area contributed by atoms with E-state index in [9.17, 15) is 23.3 Å². The van der Waals surface area contributed by atoms with Crippen LogP contribution in [0.25, 0.3) is 0 Å². The van der Waals surface area contributed by atoms with E-state index in [2.05, 4.69) is 4.72 Å². The summed E-state index contributed by atoms with van der Waals surface area (Å²) >= 11 is 0. The van der Waals surface area contributed by atoms with Gasteiger partial charge in [-0.1, -0.05) is 18.2 Å². The second-order valence-electron chi connectivity index (χ2n) is 6.70. The molecule has 2 aromatic rings. The van der Waals surface area contributed by atoms with Crippen molar-refractivity contribution in [3.8, 4) is 5.75 Å². The van der Waals surface area contributed by atoms with Gasteiger partial charge in [0.05, 0.1) is 22.8 Å². The molecule has 0 fully saturated rings. The van der Waals surface area contributed by atoms with Crippen LogP contribution in [0.15, 0.2) is 35.2 Å². The van der Waals surface area contributed by atoms with Gasteiger partial charge in [-0.25, -0.2) is 13.1 Å². The molecule has 3 rings (SSSR count). The molecule has 1 N–H and O–H groups in total. The molecule has 0 spiro atoms. The fraction of sp³-hybridized carbons (Fsp3) is 0.316. The molecule has 1 aliphatic rings. The Hall–Kier alpha value is -2.94. The minimum absolute atomic E-state index is 0.00112. The van der Waals surface area contributed by atoms with Gasteiger partial charge in [0.2, 0.25) is 5.91 Å². The molecular weight excluding hydrogens is 384 g/mol. The lowest BCUT2D eigenvalue weighted by Crippen LogP contribution is -2.34. The molecule has 1 unspecified atom stereocenters. The summed E-state index contributed by atoms with van der Waals surface area (Å²) in [5.41, 5.74) is 1.71. The summed E-state index contributed by atoms with van der Waals surface area (Å²) in [6.07, 6.45) is 1.07. The number of fused-ring (bicyclic) bond motifs is 1. The van der Waals surface area contributed by atoms with E-state index in [1.807, 2.05) is 0 Å². The molecule has 9 heteroatoms. The first-order valence-electron chi connectivity index (χ1n) is 8.64. The lowest BCUT2D eigenvalue weighted by molar-refractivity contribution is -0.386. The van der Waals surface area contributed by atoms with E-state index in [1.54, 1.807) is 25.3 Å². The van der Waals surface area contributed by atoms with Crippen molar-refractivity contribution in [3.63, 3.8) is 0 Å². The second kappa shape index (κ2) is 7.23. The van der Waals surface area contributed by atoms with Gasteiger partial charge in [0, 0.05) is 11.1 Å².